The number of carbonyl (C=O) groups is 1. The van der Waals surface area contributed by atoms with Crippen LogP contribution < -0.4 is 0 Å². The van der Waals surface area contributed by atoms with Crippen LogP contribution in [0.1, 0.15) is 47.0 Å². The van der Waals surface area contributed by atoms with E-state index < -0.39 is 0 Å². The van der Waals surface area contributed by atoms with Crippen molar-refractivity contribution in [3.8, 4) is 0 Å². The first kappa shape index (κ1) is 13.8. The molecule has 0 aliphatic carbocycles. The summed E-state index contributed by atoms with van der Waals surface area (Å²) in [4.78, 5) is 11.0. The van der Waals surface area contributed by atoms with Crippen LogP contribution >= 0.6 is 11.6 Å². The fraction of sp³-hybridized carbons (Fsp3) is 0.909. The van der Waals surface area contributed by atoms with Gasteiger partial charge in [-0.2, -0.15) is 0 Å². The van der Waals surface area contributed by atoms with Crippen LogP contribution in [0.3, 0.4) is 0 Å². The Morgan fingerprint density at radius 3 is 2.43 bits per heavy atom. The maximum atomic E-state index is 11.0. The molecule has 0 amide bonds. The summed E-state index contributed by atoms with van der Waals surface area (Å²) >= 11 is 6.10. The quantitative estimate of drug-likeness (QED) is 0.525. The van der Waals surface area contributed by atoms with Gasteiger partial charge in [-0.1, -0.05) is 20.8 Å². The molecule has 0 aliphatic heterocycles. The SMILES string of the molecule is CCOC(=O)CCC(Cl)CC(C)(C)C. The fourth-order valence-corrected chi connectivity index (χ4v) is 1.85. The van der Waals surface area contributed by atoms with Crippen molar-refractivity contribution in [1.29, 1.82) is 0 Å². The second-order valence-electron chi connectivity index (χ2n) is 4.71. The van der Waals surface area contributed by atoms with Crippen molar-refractivity contribution in [2.75, 3.05) is 6.61 Å². The van der Waals surface area contributed by atoms with Gasteiger partial charge < -0.3 is 4.74 Å². The summed E-state index contributed by atoms with van der Waals surface area (Å²) in [6.45, 7) is 8.70. The van der Waals surface area contributed by atoms with Crippen molar-refractivity contribution in [3.63, 3.8) is 0 Å². The topological polar surface area (TPSA) is 26.3 Å². The summed E-state index contributed by atoms with van der Waals surface area (Å²) < 4.78 is 4.82. The second kappa shape index (κ2) is 6.28. The Hall–Kier alpha value is -0.240. The zero-order chi connectivity index (χ0) is 11.2. The molecule has 0 spiro atoms. The van der Waals surface area contributed by atoms with Crippen LogP contribution in [0.4, 0.5) is 0 Å². The van der Waals surface area contributed by atoms with Crippen LogP contribution in [0.5, 0.6) is 0 Å². The predicted octanol–water partition coefficient (Wildman–Crippen LogP) is 3.37. The van der Waals surface area contributed by atoms with Gasteiger partial charge in [-0.25, -0.2) is 0 Å². The van der Waals surface area contributed by atoms with E-state index in [1.165, 1.54) is 0 Å². The van der Waals surface area contributed by atoms with Gasteiger partial charge in [0.15, 0.2) is 0 Å². The van der Waals surface area contributed by atoms with Gasteiger partial charge in [0.05, 0.1) is 6.61 Å². The lowest BCUT2D eigenvalue weighted by molar-refractivity contribution is -0.143. The van der Waals surface area contributed by atoms with E-state index in [1.54, 1.807) is 0 Å². The van der Waals surface area contributed by atoms with Crippen molar-refractivity contribution in [2.24, 2.45) is 5.41 Å². The highest BCUT2D eigenvalue weighted by molar-refractivity contribution is 6.20. The molecule has 0 N–H and O–H groups in total. The molecule has 1 atom stereocenters. The molecule has 84 valence electrons. The van der Waals surface area contributed by atoms with Crippen molar-refractivity contribution < 1.29 is 9.53 Å². The number of alkyl halides is 1. The summed E-state index contributed by atoms with van der Waals surface area (Å²) in [5, 5.41) is 0.0689. The van der Waals surface area contributed by atoms with Crippen LogP contribution in [-0.2, 0) is 9.53 Å². The van der Waals surface area contributed by atoms with Crippen LogP contribution in [0, 0.1) is 5.41 Å². The van der Waals surface area contributed by atoms with Crippen molar-refractivity contribution >= 4 is 17.6 Å². The number of esters is 1. The molecule has 0 rings (SSSR count). The normalized spacial score (nSPS) is 13.8. The standard InChI is InChI=1S/C11H21ClO2/c1-5-14-10(13)7-6-9(12)8-11(2,3)4/h9H,5-8H2,1-4H3. The van der Waals surface area contributed by atoms with E-state index in [-0.39, 0.29) is 16.8 Å². The maximum absolute atomic E-state index is 11.0. The van der Waals surface area contributed by atoms with Gasteiger partial charge in [0.25, 0.3) is 0 Å². The molecular formula is C11H21ClO2. The molecule has 0 radical (unpaired) electrons. The average molecular weight is 221 g/mol. The van der Waals surface area contributed by atoms with Crippen LogP contribution in [0.25, 0.3) is 0 Å². The molecule has 3 heteroatoms. The third-order valence-electron chi connectivity index (χ3n) is 1.80. The third-order valence-corrected chi connectivity index (χ3v) is 2.17. The summed E-state index contributed by atoms with van der Waals surface area (Å²) in [5.74, 6) is -0.146. The van der Waals surface area contributed by atoms with E-state index in [0.717, 1.165) is 6.42 Å². The minimum atomic E-state index is -0.146. The Morgan fingerprint density at radius 2 is 2.00 bits per heavy atom. The lowest BCUT2D eigenvalue weighted by atomic mass is 9.89. The monoisotopic (exact) mass is 220 g/mol. The number of carbonyl (C=O) groups excluding carboxylic acids is 1. The Labute approximate surface area is 92.0 Å². The summed E-state index contributed by atoms with van der Waals surface area (Å²) in [7, 11) is 0. The zero-order valence-electron chi connectivity index (χ0n) is 9.60. The van der Waals surface area contributed by atoms with Gasteiger partial charge in [0.1, 0.15) is 0 Å². The smallest absolute Gasteiger partial charge is 0.305 e. The van der Waals surface area contributed by atoms with Gasteiger partial charge in [-0.15, -0.1) is 11.6 Å². The first-order chi connectivity index (χ1) is 6.35. The van der Waals surface area contributed by atoms with Gasteiger partial charge >= 0.3 is 5.97 Å². The molecule has 14 heavy (non-hydrogen) atoms. The lowest BCUT2D eigenvalue weighted by Gasteiger charge is -2.21. The molecule has 0 aromatic heterocycles. The van der Waals surface area contributed by atoms with Crippen molar-refractivity contribution in [2.45, 2.75) is 52.3 Å². The molecule has 1 unspecified atom stereocenters. The van der Waals surface area contributed by atoms with Gasteiger partial charge in [0.2, 0.25) is 0 Å². The summed E-state index contributed by atoms with van der Waals surface area (Å²) in [5.41, 5.74) is 0.223. The third kappa shape index (κ3) is 8.36. The highest BCUT2D eigenvalue weighted by Gasteiger charge is 2.17. The zero-order valence-corrected chi connectivity index (χ0v) is 10.4. The number of hydrogen-bond acceptors (Lipinski definition) is 2. The molecule has 2 nitrogen and oxygen atoms in total. The largest absolute Gasteiger partial charge is 0.466 e. The van der Waals surface area contributed by atoms with E-state index in [2.05, 4.69) is 20.8 Å². The van der Waals surface area contributed by atoms with Crippen molar-refractivity contribution in [1.82, 2.24) is 0 Å². The van der Waals surface area contributed by atoms with E-state index in [1.807, 2.05) is 6.92 Å². The predicted molar refractivity (Wildman–Crippen MR) is 59.6 cm³/mol. The van der Waals surface area contributed by atoms with E-state index in [9.17, 15) is 4.79 Å². The van der Waals surface area contributed by atoms with Gasteiger partial charge in [-0.3, -0.25) is 4.79 Å². The first-order valence-corrected chi connectivity index (χ1v) is 5.58. The van der Waals surface area contributed by atoms with Gasteiger partial charge in [-0.05, 0) is 25.2 Å². The number of ether oxygens (including phenoxy) is 1. The minimum Gasteiger partial charge on any atom is -0.466 e. The number of halogens is 1. The highest BCUT2D eigenvalue weighted by atomic mass is 35.5. The Bertz CT molecular complexity index is 173. The Kier molecular flexibility index (Phi) is 6.17. The summed E-state index contributed by atoms with van der Waals surface area (Å²) in [6, 6.07) is 0. The highest BCUT2D eigenvalue weighted by Crippen LogP contribution is 2.25. The maximum Gasteiger partial charge on any atom is 0.305 e. The second-order valence-corrected chi connectivity index (χ2v) is 5.32. The van der Waals surface area contributed by atoms with Crippen LogP contribution in [0.2, 0.25) is 0 Å². The molecule has 0 saturated carbocycles. The molecular weight excluding hydrogens is 200 g/mol. The lowest BCUT2D eigenvalue weighted by Crippen LogP contribution is -2.15. The van der Waals surface area contributed by atoms with Gasteiger partial charge in [0, 0.05) is 11.8 Å². The molecule has 0 bridgehead atoms. The van der Waals surface area contributed by atoms with Crippen molar-refractivity contribution in [3.05, 3.63) is 0 Å². The fourth-order valence-electron chi connectivity index (χ4n) is 1.27. The minimum absolute atomic E-state index is 0.0689. The Morgan fingerprint density at radius 1 is 1.43 bits per heavy atom. The molecule has 0 fully saturated rings. The van der Waals surface area contributed by atoms with Crippen LogP contribution in [0.15, 0.2) is 0 Å². The van der Waals surface area contributed by atoms with E-state index in [0.29, 0.717) is 19.4 Å². The average Bonchev–Trinajstić information content (AvgIpc) is 1.98. The molecule has 0 aromatic carbocycles. The van der Waals surface area contributed by atoms with E-state index in [4.69, 9.17) is 16.3 Å². The summed E-state index contributed by atoms with van der Waals surface area (Å²) in [6.07, 6.45) is 2.06. The first-order valence-electron chi connectivity index (χ1n) is 5.15. The molecule has 0 saturated heterocycles. The molecule has 0 heterocycles. The van der Waals surface area contributed by atoms with E-state index >= 15 is 0 Å². The number of rotatable bonds is 5. The number of hydrogen-bond donors (Lipinski definition) is 0. The molecule has 0 aromatic rings. The molecule has 0 aliphatic rings. The Balaban J connectivity index is 3.63. The van der Waals surface area contributed by atoms with Crippen LogP contribution in [-0.4, -0.2) is 18.0 Å².